The molecule has 0 aromatic carbocycles. The molecule has 2 heteroatoms. The molecular weight excluding hydrogens is 318 g/mol. The molecular formula is C24H39NO. The van der Waals surface area contributed by atoms with Crippen molar-refractivity contribution in [1.29, 1.82) is 0 Å². The van der Waals surface area contributed by atoms with Gasteiger partial charge in [-0.25, -0.2) is 0 Å². The third-order valence-corrected chi connectivity index (χ3v) is 9.40. The molecule has 4 fully saturated rings. The van der Waals surface area contributed by atoms with Gasteiger partial charge in [0.1, 0.15) is 5.78 Å². The first kappa shape index (κ1) is 18.7. The summed E-state index contributed by atoms with van der Waals surface area (Å²) < 4.78 is 0. The Morgan fingerprint density at radius 3 is 2.73 bits per heavy atom. The summed E-state index contributed by atoms with van der Waals surface area (Å²) in [7, 11) is 0. The Hall–Kier alpha value is -0.630. The van der Waals surface area contributed by atoms with Crippen molar-refractivity contribution in [3.8, 4) is 0 Å². The Kier molecular flexibility index (Phi) is 5.09. The molecule has 0 aliphatic heterocycles. The van der Waals surface area contributed by atoms with Crippen molar-refractivity contribution in [1.82, 2.24) is 0 Å². The van der Waals surface area contributed by atoms with Crippen molar-refractivity contribution >= 4 is 5.78 Å². The molecule has 7 atom stereocenters. The molecule has 4 saturated carbocycles. The number of allylic oxidation sites excluding steroid dienone is 2. The van der Waals surface area contributed by atoms with Gasteiger partial charge in [0.05, 0.1) is 0 Å². The topological polar surface area (TPSA) is 43.1 Å². The SMILES string of the molecule is C[C@]12CC[C@@H](/C=C/CCCN)CC1CCC1C2CC[C@]2(C)C(=O)CCC12. The fourth-order valence-electron chi connectivity index (χ4n) is 7.76. The summed E-state index contributed by atoms with van der Waals surface area (Å²) in [5, 5.41) is 0. The maximum atomic E-state index is 12.5. The number of rotatable bonds is 4. The van der Waals surface area contributed by atoms with E-state index in [1.807, 2.05) is 0 Å². The van der Waals surface area contributed by atoms with Crippen LogP contribution >= 0.6 is 0 Å². The summed E-state index contributed by atoms with van der Waals surface area (Å²) in [4.78, 5) is 12.5. The molecule has 0 bridgehead atoms. The van der Waals surface area contributed by atoms with Crippen LogP contribution in [0.3, 0.4) is 0 Å². The number of fused-ring (bicyclic) bond motifs is 5. The third kappa shape index (κ3) is 2.91. The monoisotopic (exact) mass is 357 g/mol. The first-order chi connectivity index (χ1) is 12.5. The smallest absolute Gasteiger partial charge is 0.139 e. The first-order valence-corrected chi connectivity index (χ1v) is 11.4. The van der Waals surface area contributed by atoms with Gasteiger partial charge < -0.3 is 5.73 Å². The number of unbranched alkanes of at least 4 members (excludes halogenated alkanes) is 1. The van der Waals surface area contributed by atoms with E-state index in [1.165, 1.54) is 51.4 Å². The van der Waals surface area contributed by atoms with Crippen molar-refractivity contribution in [2.75, 3.05) is 6.54 Å². The van der Waals surface area contributed by atoms with Crippen LogP contribution in [0.15, 0.2) is 12.2 Å². The maximum Gasteiger partial charge on any atom is 0.139 e. The van der Waals surface area contributed by atoms with E-state index in [2.05, 4.69) is 26.0 Å². The second-order valence-electron chi connectivity index (χ2n) is 10.5. The number of hydrogen-bond acceptors (Lipinski definition) is 2. The highest BCUT2D eigenvalue weighted by Gasteiger charge is 2.59. The molecule has 4 aliphatic carbocycles. The summed E-state index contributed by atoms with van der Waals surface area (Å²) in [6, 6.07) is 0. The molecule has 26 heavy (non-hydrogen) atoms. The summed E-state index contributed by atoms with van der Waals surface area (Å²) in [6.45, 7) is 5.74. The zero-order valence-corrected chi connectivity index (χ0v) is 17.0. The Bertz CT molecular complexity index is 569. The summed E-state index contributed by atoms with van der Waals surface area (Å²) in [5.74, 6) is 4.69. The minimum absolute atomic E-state index is 0.0350. The van der Waals surface area contributed by atoms with E-state index in [-0.39, 0.29) is 5.41 Å². The highest BCUT2D eigenvalue weighted by atomic mass is 16.1. The van der Waals surface area contributed by atoms with Gasteiger partial charge in [0.15, 0.2) is 0 Å². The normalized spacial score (nSPS) is 48.3. The molecule has 2 N–H and O–H groups in total. The largest absolute Gasteiger partial charge is 0.330 e. The lowest BCUT2D eigenvalue weighted by Gasteiger charge is -2.60. The number of carbonyl (C=O) groups is 1. The Balaban J connectivity index is 1.46. The van der Waals surface area contributed by atoms with Crippen LogP contribution in [0.4, 0.5) is 0 Å². The molecule has 146 valence electrons. The van der Waals surface area contributed by atoms with Gasteiger partial charge in [0.2, 0.25) is 0 Å². The second-order valence-corrected chi connectivity index (χ2v) is 10.5. The van der Waals surface area contributed by atoms with Gasteiger partial charge >= 0.3 is 0 Å². The van der Waals surface area contributed by atoms with Gasteiger partial charge in [-0.1, -0.05) is 26.0 Å². The number of Topliss-reactive ketones (excluding diaryl/α,β-unsaturated/α-hetero) is 1. The molecule has 0 aromatic rings. The molecule has 0 saturated heterocycles. The molecule has 0 radical (unpaired) electrons. The average Bonchev–Trinajstić information content (AvgIpc) is 2.94. The van der Waals surface area contributed by atoms with E-state index in [4.69, 9.17) is 5.73 Å². The van der Waals surface area contributed by atoms with E-state index in [9.17, 15) is 4.79 Å². The third-order valence-electron chi connectivity index (χ3n) is 9.40. The highest BCUT2D eigenvalue weighted by molar-refractivity contribution is 5.87. The van der Waals surface area contributed by atoms with Crippen molar-refractivity contribution < 1.29 is 4.79 Å². The first-order valence-electron chi connectivity index (χ1n) is 11.4. The van der Waals surface area contributed by atoms with Crippen LogP contribution in [0, 0.1) is 40.4 Å². The molecule has 4 unspecified atom stereocenters. The van der Waals surface area contributed by atoms with E-state index < -0.39 is 0 Å². The number of hydrogen-bond donors (Lipinski definition) is 1. The van der Waals surface area contributed by atoms with Crippen LogP contribution in [0.5, 0.6) is 0 Å². The predicted molar refractivity (Wildman–Crippen MR) is 108 cm³/mol. The Morgan fingerprint density at radius 2 is 1.92 bits per heavy atom. The fourth-order valence-corrected chi connectivity index (χ4v) is 7.76. The molecule has 0 spiro atoms. The zero-order valence-electron chi connectivity index (χ0n) is 17.0. The molecule has 4 rings (SSSR count). The van der Waals surface area contributed by atoms with E-state index in [0.29, 0.717) is 17.1 Å². The molecule has 4 aliphatic rings. The summed E-state index contributed by atoms with van der Waals surface area (Å²) >= 11 is 0. The average molecular weight is 358 g/mol. The fraction of sp³-hybridized carbons (Fsp3) is 0.875. The Labute approximate surface area is 160 Å². The number of nitrogens with two attached hydrogens (primary N) is 1. The van der Waals surface area contributed by atoms with Crippen LogP contribution in [-0.4, -0.2) is 12.3 Å². The zero-order chi connectivity index (χ0) is 18.4. The highest BCUT2D eigenvalue weighted by Crippen LogP contribution is 2.65. The quantitative estimate of drug-likeness (QED) is 0.532. The second kappa shape index (κ2) is 7.08. The van der Waals surface area contributed by atoms with Crippen LogP contribution in [0.1, 0.15) is 84.5 Å². The Morgan fingerprint density at radius 1 is 1.08 bits per heavy atom. The van der Waals surface area contributed by atoms with E-state index in [1.54, 1.807) is 0 Å². The summed E-state index contributed by atoms with van der Waals surface area (Å²) in [6.07, 6.45) is 18.7. The van der Waals surface area contributed by atoms with E-state index >= 15 is 0 Å². The van der Waals surface area contributed by atoms with Crippen LogP contribution in [0.2, 0.25) is 0 Å². The van der Waals surface area contributed by atoms with Gasteiger partial charge in [-0.15, -0.1) is 0 Å². The standard InChI is InChI=1S/C24H39NO/c1-23-13-11-17(6-4-3-5-15-25)16-18(23)7-8-19-20-9-10-22(26)24(20,2)14-12-21(19)23/h4,6,17-21H,3,5,7-16,25H2,1-2H3/b6-4+/t17-,18?,19?,20?,21?,23+,24+/m1/s1. The molecule has 0 heterocycles. The predicted octanol–water partition coefficient (Wildman–Crippen LogP) is 5.51. The van der Waals surface area contributed by atoms with Crippen LogP contribution < -0.4 is 5.73 Å². The lowest BCUT2D eigenvalue weighted by molar-refractivity contribution is -0.139. The van der Waals surface area contributed by atoms with Crippen LogP contribution in [-0.2, 0) is 4.79 Å². The van der Waals surface area contributed by atoms with Crippen molar-refractivity contribution in [3.05, 3.63) is 12.2 Å². The van der Waals surface area contributed by atoms with Gasteiger partial charge in [-0.3, -0.25) is 4.79 Å². The van der Waals surface area contributed by atoms with Gasteiger partial charge in [0.25, 0.3) is 0 Å². The van der Waals surface area contributed by atoms with E-state index in [0.717, 1.165) is 49.5 Å². The van der Waals surface area contributed by atoms with Gasteiger partial charge in [-0.05, 0) is 106 Å². The minimum atomic E-state index is 0.0350. The van der Waals surface area contributed by atoms with Crippen molar-refractivity contribution in [2.45, 2.75) is 84.5 Å². The van der Waals surface area contributed by atoms with Crippen molar-refractivity contribution in [3.63, 3.8) is 0 Å². The van der Waals surface area contributed by atoms with Crippen molar-refractivity contribution in [2.24, 2.45) is 46.2 Å². The lowest BCUT2D eigenvalue weighted by Crippen LogP contribution is -2.53. The van der Waals surface area contributed by atoms with Gasteiger partial charge in [0, 0.05) is 11.8 Å². The lowest BCUT2D eigenvalue weighted by atomic mass is 9.44. The number of carbonyl (C=O) groups excluding carboxylic acids is 1. The molecule has 0 aromatic heterocycles. The van der Waals surface area contributed by atoms with Gasteiger partial charge in [-0.2, -0.15) is 0 Å². The summed E-state index contributed by atoms with van der Waals surface area (Å²) in [5.41, 5.74) is 6.19. The van der Waals surface area contributed by atoms with Crippen LogP contribution in [0.25, 0.3) is 0 Å². The molecule has 2 nitrogen and oxygen atoms in total. The maximum absolute atomic E-state index is 12.5. The number of ketones is 1. The minimum Gasteiger partial charge on any atom is -0.330 e. The molecule has 0 amide bonds.